The van der Waals surface area contributed by atoms with Gasteiger partial charge >= 0.3 is 11.9 Å². The van der Waals surface area contributed by atoms with Crippen LogP contribution >= 0.6 is 0 Å². The van der Waals surface area contributed by atoms with E-state index in [1.165, 1.54) is 0 Å². The van der Waals surface area contributed by atoms with E-state index in [2.05, 4.69) is 0 Å². The molecule has 0 amide bonds. The lowest BCUT2D eigenvalue weighted by Gasteiger charge is -2.46. The van der Waals surface area contributed by atoms with Crippen molar-refractivity contribution in [2.24, 2.45) is 10.8 Å². The highest BCUT2D eigenvalue weighted by atomic mass is 16.5. The van der Waals surface area contributed by atoms with Crippen LogP contribution in [-0.2, 0) is 14.3 Å². The summed E-state index contributed by atoms with van der Waals surface area (Å²) in [6.07, 6.45) is 5.26. The number of hydrogen-bond acceptors (Lipinski definition) is 3. The molecule has 0 heterocycles. The van der Waals surface area contributed by atoms with Crippen LogP contribution < -0.4 is 0 Å². The molecule has 0 atom stereocenters. The molecule has 0 spiro atoms. The zero-order valence-corrected chi connectivity index (χ0v) is 15.0. The second kappa shape index (κ2) is 9.86. The van der Waals surface area contributed by atoms with Gasteiger partial charge in [-0.3, -0.25) is 9.59 Å². The summed E-state index contributed by atoms with van der Waals surface area (Å²) in [5.74, 6) is -1.16. The van der Waals surface area contributed by atoms with E-state index >= 15 is 0 Å². The number of rotatable bonds is 12. The molecule has 22 heavy (non-hydrogen) atoms. The normalized spacial score (nSPS) is 12.2. The van der Waals surface area contributed by atoms with Gasteiger partial charge in [0, 0.05) is 0 Å². The fourth-order valence-electron chi connectivity index (χ4n) is 4.00. The molecule has 0 aromatic heterocycles. The fraction of sp³-hybridized carbons (Fsp3) is 0.889. The first kappa shape index (κ1) is 20.9. The Labute approximate surface area is 135 Å². The van der Waals surface area contributed by atoms with E-state index in [0.717, 1.165) is 25.7 Å². The quantitative estimate of drug-likeness (QED) is 0.525. The molecule has 0 saturated heterocycles. The first-order chi connectivity index (χ1) is 10.4. The molecule has 0 aliphatic carbocycles. The summed E-state index contributed by atoms with van der Waals surface area (Å²) in [5.41, 5.74) is -1.93. The summed E-state index contributed by atoms with van der Waals surface area (Å²) in [6, 6.07) is 0. The topological polar surface area (TPSA) is 63.6 Å². The van der Waals surface area contributed by atoms with Gasteiger partial charge in [0.1, 0.15) is 0 Å². The zero-order chi connectivity index (χ0) is 17.2. The van der Waals surface area contributed by atoms with Crippen molar-refractivity contribution in [3.63, 3.8) is 0 Å². The van der Waals surface area contributed by atoms with Crippen molar-refractivity contribution < 1.29 is 19.4 Å². The van der Waals surface area contributed by atoms with Gasteiger partial charge in [0.05, 0.1) is 17.4 Å². The van der Waals surface area contributed by atoms with Crippen LogP contribution in [0, 0.1) is 10.8 Å². The summed E-state index contributed by atoms with van der Waals surface area (Å²) < 4.78 is 5.36. The predicted molar refractivity (Wildman–Crippen MR) is 88.8 cm³/mol. The molecule has 0 aromatic rings. The molecule has 4 nitrogen and oxygen atoms in total. The Balaban J connectivity index is 6.20. The van der Waals surface area contributed by atoms with Gasteiger partial charge in [0.25, 0.3) is 0 Å². The third kappa shape index (κ3) is 4.02. The van der Waals surface area contributed by atoms with Crippen molar-refractivity contribution in [2.75, 3.05) is 6.61 Å². The van der Waals surface area contributed by atoms with Crippen molar-refractivity contribution in [1.82, 2.24) is 0 Å². The highest BCUT2D eigenvalue weighted by molar-refractivity contribution is 5.87. The minimum absolute atomic E-state index is 0.294. The fourth-order valence-corrected chi connectivity index (χ4v) is 4.00. The minimum Gasteiger partial charge on any atom is -0.481 e. The molecule has 0 aromatic carbocycles. The maximum atomic E-state index is 12.9. The van der Waals surface area contributed by atoms with Crippen LogP contribution in [-0.4, -0.2) is 23.7 Å². The molecular formula is C18H34O4. The lowest BCUT2D eigenvalue weighted by molar-refractivity contribution is -0.182. The molecule has 0 aliphatic rings. The standard InChI is InChI=1S/C18H34O4/c1-6-11-17(12-7-2,15(19)20)18(13-8-3,14-9-4)16(21)22-10-5/h6-14H2,1-5H3,(H,19,20). The molecule has 0 radical (unpaired) electrons. The Morgan fingerprint density at radius 2 is 1.14 bits per heavy atom. The van der Waals surface area contributed by atoms with Crippen LogP contribution in [0.2, 0.25) is 0 Å². The molecule has 0 aliphatic heterocycles. The average molecular weight is 314 g/mol. The molecule has 1 N–H and O–H groups in total. The van der Waals surface area contributed by atoms with E-state index in [-0.39, 0.29) is 5.97 Å². The number of carboxylic acid groups (broad SMARTS) is 1. The minimum atomic E-state index is -1.02. The Hall–Kier alpha value is -1.06. The van der Waals surface area contributed by atoms with Crippen LogP contribution in [0.4, 0.5) is 0 Å². The van der Waals surface area contributed by atoms with Crippen LogP contribution in [0.15, 0.2) is 0 Å². The van der Waals surface area contributed by atoms with Gasteiger partial charge in [0.15, 0.2) is 0 Å². The van der Waals surface area contributed by atoms with Crippen LogP contribution in [0.1, 0.15) is 86.0 Å². The second-order valence-electron chi connectivity index (χ2n) is 6.19. The van der Waals surface area contributed by atoms with Gasteiger partial charge in [-0.05, 0) is 32.6 Å². The van der Waals surface area contributed by atoms with Gasteiger partial charge in [-0.25, -0.2) is 0 Å². The van der Waals surface area contributed by atoms with E-state index in [9.17, 15) is 14.7 Å². The van der Waals surface area contributed by atoms with Crippen molar-refractivity contribution >= 4 is 11.9 Å². The lowest BCUT2D eigenvalue weighted by atomic mass is 9.55. The highest BCUT2D eigenvalue weighted by Crippen LogP contribution is 2.53. The molecule has 0 unspecified atom stereocenters. The first-order valence-electron chi connectivity index (χ1n) is 8.82. The molecular weight excluding hydrogens is 280 g/mol. The number of carboxylic acids is 1. The number of carbonyl (C=O) groups excluding carboxylic acids is 1. The summed E-state index contributed by atoms with van der Waals surface area (Å²) in [6.45, 7) is 10.1. The summed E-state index contributed by atoms with van der Waals surface area (Å²) in [4.78, 5) is 25.2. The summed E-state index contributed by atoms with van der Waals surface area (Å²) >= 11 is 0. The maximum Gasteiger partial charge on any atom is 0.313 e. The van der Waals surface area contributed by atoms with Gasteiger partial charge in [-0.15, -0.1) is 0 Å². The van der Waals surface area contributed by atoms with Crippen LogP contribution in [0.5, 0.6) is 0 Å². The van der Waals surface area contributed by atoms with E-state index < -0.39 is 16.8 Å². The van der Waals surface area contributed by atoms with Gasteiger partial charge in [-0.1, -0.05) is 53.4 Å². The van der Waals surface area contributed by atoms with E-state index in [1.807, 2.05) is 27.7 Å². The molecule has 0 saturated carbocycles. The van der Waals surface area contributed by atoms with Crippen LogP contribution in [0.3, 0.4) is 0 Å². The Bertz CT molecular complexity index is 337. The third-order valence-electron chi connectivity index (χ3n) is 4.70. The molecule has 0 rings (SSSR count). The molecule has 4 heteroatoms. The van der Waals surface area contributed by atoms with Crippen molar-refractivity contribution in [3.05, 3.63) is 0 Å². The number of carbonyl (C=O) groups is 2. The van der Waals surface area contributed by atoms with E-state index in [4.69, 9.17) is 4.74 Å². The highest BCUT2D eigenvalue weighted by Gasteiger charge is 2.59. The predicted octanol–water partition coefficient (Wildman–Crippen LogP) is 4.81. The Morgan fingerprint density at radius 3 is 1.41 bits per heavy atom. The molecule has 0 bridgehead atoms. The van der Waals surface area contributed by atoms with Gasteiger partial charge < -0.3 is 9.84 Å². The molecule has 130 valence electrons. The largest absolute Gasteiger partial charge is 0.481 e. The van der Waals surface area contributed by atoms with Gasteiger partial charge in [-0.2, -0.15) is 0 Å². The lowest BCUT2D eigenvalue weighted by Crippen LogP contribution is -2.53. The Kier molecular flexibility index (Phi) is 9.38. The number of ether oxygens (including phenoxy) is 1. The van der Waals surface area contributed by atoms with Crippen LogP contribution in [0.25, 0.3) is 0 Å². The smallest absolute Gasteiger partial charge is 0.313 e. The Morgan fingerprint density at radius 1 is 0.773 bits per heavy atom. The maximum absolute atomic E-state index is 12.9. The SMILES string of the molecule is CCCC(CCC)(C(=O)O)C(CCC)(CCC)C(=O)OCC. The monoisotopic (exact) mass is 314 g/mol. The van der Waals surface area contributed by atoms with Gasteiger partial charge in [0.2, 0.25) is 0 Å². The molecule has 0 fully saturated rings. The summed E-state index contributed by atoms with van der Waals surface area (Å²) in [5, 5.41) is 10.1. The van der Waals surface area contributed by atoms with E-state index in [0.29, 0.717) is 32.3 Å². The zero-order valence-electron chi connectivity index (χ0n) is 15.0. The average Bonchev–Trinajstić information content (AvgIpc) is 2.46. The number of esters is 1. The first-order valence-corrected chi connectivity index (χ1v) is 8.82. The van der Waals surface area contributed by atoms with Crippen molar-refractivity contribution in [2.45, 2.75) is 86.0 Å². The van der Waals surface area contributed by atoms with Crippen molar-refractivity contribution in [1.29, 1.82) is 0 Å². The van der Waals surface area contributed by atoms with E-state index in [1.54, 1.807) is 6.92 Å². The van der Waals surface area contributed by atoms with Crippen molar-refractivity contribution in [3.8, 4) is 0 Å². The number of hydrogen-bond donors (Lipinski definition) is 1. The summed E-state index contributed by atoms with van der Waals surface area (Å²) in [7, 11) is 0. The third-order valence-corrected chi connectivity index (χ3v) is 4.70. The second-order valence-corrected chi connectivity index (χ2v) is 6.19. The number of aliphatic carboxylic acids is 1.